The van der Waals surface area contributed by atoms with Gasteiger partial charge in [0.2, 0.25) is 0 Å². The molecule has 0 aliphatic heterocycles. The number of rotatable bonds is 1. The Kier molecular flexibility index (Phi) is 2.02. The Bertz CT molecular complexity index is 647. The van der Waals surface area contributed by atoms with Crippen LogP contribution in [0.15, 0.2) is 49.0 Å². The average Bonchev–Trinajstić information content (AvgIpc) is 2.67. The molecule has 0 fully saturated rings. The van der Waals surface area contributed by atoms with Gasteiger partial charge in [0.05, 0.1) is 0 Å². The molecule has 0 saturated carbocycles. The predicted molar refractivity (Wildman–Crippen MR) is 68.5 cm³/mol. The molecule has 72 valence electrons. The maximum absolute atomic E-state index is 3.89. The van der Waals surface area contributed by atoms with Crippen molar-refractivity contribution < 1.29 is 0 Å². The second kappa shape index (κ2) is 3.37. The van der Waals surface area contributed by atoms with Gasteiger partial charge in [-0.2, -0.15) is 0 Å². The summed E-state index contributed by atoms with van der Waals surface area (Å²) in [6.45, 7) is 3.89. The molecule has 3 aromatic rings. The molecule has 0 spiro atoms. The normalized spacial score (nSPS) is 10.9. The number of fused-ring (bicyclic) bond motifs is 3. The Morgan fingerprint density at radius 1 is 0.933 bits per heavy atom. The van der Waals surface area contributed by atoms with Gasteiger partial charge in [0.15, 0.2) is 0 Å². The van der Waals surface area contributed by atoms with Crippen LogP contribution in [0.4, 0.5) is 0 Å². The molecule has 1 heteroatoms. The number of hydrogen-bond acceptors (Lipinski definition) is 0. The van der Waals surface area contributed by atoms with Crippen LogP contribution in [0.1, 0.15) is 5.56 Å². The molecule has 0 saturated heterocycles. The van der Waals surface area contributed by atoms with Crippen LogP contribution in [-0.2, 0) is 0 Å². The van der Waals surface area contributed by atoms with E-state index >= 15 is 0 Å². The molecule has 2 aromatic carbocycles. The molecule has 0 aliphatic carbocycles. The molecule has 1 aromatic heterocycles. The first-order chi connectivity index (χ1) is 7.40. The van der Waals surface area contributed by atoms with Crippen LogP contribution in [0.5, 0.6) is 0 Å². The van der Waals surface area contributed by atoms with E-state index in [4.69, 9.17) is 0 Å². The van der Waals surface area contributed by atoms with Crippen LogP contribution in [0.3, 0.4) is 0 Å². The fraction of sp³-hybridized carbons (Fsp3) is 0. The van der Waals surface area contributed by atoms with Crippen molar-refractivity contribution >= 4 is 39.9 Å². The van der Waals surface area contributed by atoms with Crippen molar-refractivity contribution in [3.63, 3.8) is 0 Å². The van der Waals surface area contributed by atoms with E-state index in [0.717, 1.165) is 0 Å². The first kappa shape index (κ1) is 8.96. The molecule has 0 N–H and O–H groups in total. The van der Waals surface area contributed by atoms with Crippen molar-refractivity contribution in [3.8, 4) is 0 Å². The summed E-state index contributed by atoms with van der Waals surface area (Å²) in [5.74, 6) is 0. The zero-order valence-corrected chi connectivity index (χ0v) is 9.95. The van der Waals surface area contributed by atoms with Gasteiger partial charge in [-0.3, -0.25) is 0 Å². The third-order valence-electron chi connectivity index (χ3n) is 2.65. The van der Waals surface area contributed by atoms with Gasteiger partial charge in [0, 0.05) is 0 Å². The summed E-state index contributed by atoms with van der Waals surface area (Å²) in [4.78, 5) is 0. The van der Waals surface area contributed by atoms with Gasteiger partial charge in [0.1, 0.15) is 0 Å². The third-order valence-corrected chi connectivity index (χ3v) is 5.04. The molecule has 0 atom stereocenters. The Morgan fingerprint density at radius 3 is 2.60 bits per heavy atom. The number of hydrogen-bond donors (Lipinski definition) is 0. The first-order valence-electron chi connectivity index (χ1n) is 4.93. The second-order valence-electron chi connectivity index (χ2n) is 3.52. The van der Waals surface area contributed by atoms with Crippen LogP contribution < -0.4 is 0 Å². The zero-order chi connectivity index (χ0) is 10.3. The van der Waals surface area contributed by atoms with E-state index in [-0.39, 0.29) is 0 Å². The first-order valence-corrected chi connectivity index (χ1v) is 6.64. The SMILES string of the molecule is C=Cc1cccc2[se]c3ccccc3c12. The van der Waals surface area contributed by atoms with Gasteiger partial charge >= 0.3 is 94.5 Å². The molecule has 3 rings (SSSR count). The summed E-state index contributed by atoms with van der Waals surface area (Å²) < 4.78 is 2.98. The van der Waals surface area contributed by atoms with Crippen LogP contribution >= 0.6 is 0 Å². The topological polar surface area (TPSA) is 0 Å². The van der Waals surface area contributed by atoms with E-state index in [1.165, 1.54) is 24.9 Å². The van der Waals surface area contributed by atoms with Crippen molar-refractivity contribution in [2.45, 2.75) is 0 Å². The second-order valence-corrected chi connectivity index (χ2v) is 5.80. The minimum absolute atomic E-state index is 0.477. The van der Waals surface area contributed by atoms with E-state index < -0.39 is 0 Å². The Hall–Kier alpha value is -1.30. The van der Waals surface area contributed by atoms with Crippen LogP contribution in [0, 0.1) is 0 Å². The summed E-state index contributed by atoms with van der Waals surface area (Å²) in [7, 11) is 0. The average molecular weight is 257 g/mol. The van der Waals surface area contributed by atoms with E-state index in [0.29, 0.717) is 14.5 Å². The van der Waals surface area contributed by atoms with Crippen LogP contribution in [-0.4, -0.2) is 14.5 Å². The molecule has 15 heavy (non-hydrogen) atoms. The van der Waals surface area contributed by atoms with E-state index in [9.17, 15) is 0 Å². The van der Waals surface area contributed by atoms with Gasteiger partial charge < -0.3 is 0 Å². The predicted octanol–water partition coefficient (Wildman–Crippen LogP) is 3.69. The van der Waals surface area contributed by atoms with E-state index in [1.807, 2.05) is 6.08 Å². The third kappa shape index (κ3) is 1.28. The fourth-order valence-electron chi connectivity index (χ4n) is 1.97. The summed E-state index contributed by atoms with van der Waals surface area (Å²) >= 11 is 0.477. The molecule has 0 unspecified atom stereocenters. The molecular weight excluding hydrogens is 247 g/mol. The fourth-order valence-corrected chi connectivity index (χ4v) is 4.36. The van der Waals surface area contributed by atoms with Gasteiger partial charge in [-0.15, -0.1) is 0 Å². The van der Waals surface area contributed by atoms with Crippen molar-refractivity contribution in [1.29, 1.82) is 0 Å². The summed E-state index contributed by atoms with van der Waals surface area (Å²) in [6, 6.07) is 15.2. The van der Waals surface area contributed by atoms with Crippen molar-refractivity contribution in [2.24, 2.45) is 0 Å². The standard InChI is InChI=1S/C14H10Se/c1-2-10-6-5-9-13-14(10)11-7-3-4-8-12(11)15-13/h2-9H,1H2. The Labute approximate surface area is 94.6 Å². The van der Waals surface area contributed by atoms with Crippen LogP contribution in [0.25, 0.3) is 25.4 Å². The van der Waals surface area contributed by atoms with E-state index in [1.54, 1.807) is 0 Å². The maximum atomic E-state index is 3.89. The van der Waals surface area contributed by atoms with Gasteiger partial charge in [-0.05, 0) is 0 Å². The Balaban J connectivity index is 2.62. The van der Waals surface area contributed by atoms with Gasteiger partial charge in [-0.1, -0.05) is 0 Å². The van der Waals surface area contributed by atoms with Crippen molar-refractivity contribution in [2.75, 3.05) is 0 Å². The molecule has 0 radical (unpaired) electrons. The molecule has 1 heterocycles. The van der Waals surface area contributed by atoms with Crippen molar-refractivity contribution in [3.05, 3.63) is 54.6 Å². The number of benzene rings is 2. The minimum atomic E-state index is 0.477. The van der Waals surface area contributed by atoms with Gasteiger partial charge in [-0.25, -0.2) is 0 Å². The zero-order valence-electron chi connectivity index (χ0n) is 8.23. The van der Waals surface area contributed by atoms with Crippen molar-refractivity contribution in [1.82, 2.24) is 0 Å². The Morgan fingerprint density at radius 2 is 1.73 bits per heavy atom. The summed E-state index contributed by atoms with van der Waals surface area (Å²) in [6.07, 6.45) is 1.96. The van der Waals surface area contributed by atoms with E-state index in [2.05, 4.69) is 49.0 Å². The molecule has 0 nitrogen and oxygen atoms in total. The quantitative estimate of drug-likeness (QED) is 0.583. The van der Waals surface area contributed by atoms with Gasteiger partial charge in [0.25, 0.3) is 0 Å². The molecular formula is C14H10Se. The summed E-state index contributed by atoms with van der Waals surface area (Å²) in [5.41, 5.74) is 1.26. The summed E-state index contributed by atoms with van der Waals surface area (Å²) in [5, 5.41) is 2.81. The monoisotopic (exact) mass is 258 g/mol. The molecule has 0 aliphatic rings. The van der Waals surface area contributed by atoms with Crippen LogP contribution in [0.2, 0.25) is 0 Å². The molecule has 0 amide bonds. The molecule has 0 bridgehead atoms.